The fourth-order valence-corrected chi connectivity index (χ4v) is 2.23. The molecule has 1 aromatic carbocycles. The Labute approximate surface area is 121 Å². The Kier molecular flexibility index (Phi) is 5.91. The molecular weight excluding hydrogens is 321 g/mol. The Balaban J connectivity index is 0.00000162. The van der Waals surface area contributed by atoms with Crippen LogP contribution in [-0.2, 0) is 9.53 Å². The van der Waals surface area contributed by atoms with E-state index in [0.717, 1.165) is 10.2 Å². The predicted octanol–water partition coefficient (Wildman–Crippen LogP) is 2.15. The maximum atomic E-state index is 11.3. The van der Waals surface area contributed by atoms with Crippen LogP contribution in [0.4, 0.5) is 0 Å². The molecule has 6 heteroatoms. The van der Waals surface area contributed by atoms with Gasteiger partial charge in [-0.1, -0.05) is 22.0 Å². The largest absolute Gasteiger partial charge is 0.489 e. The molecule has 1 aromatic rings. The Morgan fingerprint density at radius 1 is 1.50 bits per heavy atom. The highest BCUT2D eigenvalue weighted by Crippen LogP contribution is 2.21. The number of hydrogen-bond acceptors (Lipinski definition) is 4. The van der Waals surface area contributed by atoms with Crippen LogP contribution in [0.25, 0.3) is 0 Å². The highest BCUT2D eigenvalue weighted by Gasteiger charge is 2.31. The van der Waals surface area contributed by atoms with Crippen LogP contribution in [0.1, 0.15) is 6.42 Å². The molecule has 0 aromatic heterocycles. The second kappa shape index (κ2) is 6.97. The van der Waals surface area contributed by atoms with Crippen molar-refractivity contribution in [2.75, 3.05) is 13.7 Å². The Bertz CT molecular complexity index is 416. The van der Waals surface area contributed by atoms with E-state index in [1.807, 2.05) is 24.3 Å². The van der Waals surface area contributed by atoms with Gasteiger partial charge in [0, 0.05) is 17.4 Å². The molecule has 4 nitrogen and oxygen atoms in total. The zero-order valence-electron chi connectivity index (χ0n) is 9.89. The number of nitrogens with one attached hydrogen (secondary N) is 1. The Morgan fingerprint density at radius 2 is 2.28 bits per heavy atom. The van der Waals surface area contributed by atoms with Crippen molar-refractivity contribution >= 4 is 34.3 Å². The number of carbonyl (C=O) groups excluding carboxylic acids is 1. The average molecular weight is 337 g/mol. The van der Waals surface area contributed by atoms with Crippen molar-refractivity contribution in [3.8, 4) is 5.75 Å². The second-order valence-corrected chi connectivity index (χ2v) is 4.83. The quantitative estimate of drug-likeness (QED) is 0.859. The lowest BCUT2D eigenvalue weighted by molar-refractivity contribution is -0.142. The molecule has 100 valence electrons. The van der Waals surface area contributed by atoms with Crippen molar-refractivity contribution in [2.45, 2.75) is 18.6 Å². The molecule has 0 unspecified atom stereocenters. The predicted molar refractivity (Wildman–Crippen MR) is 74.2 cm³/mol. The molecule has 1 fully saturated rings. The summed E-state index contributed by atoms with van der Waals surface area (Å²) in [5.41, 5.74) is 0. The van der Waals surface area contributed by atoms with Crippen LogP contribution in [-0.4, -0.2) is 31.8 Å². The summed E-state index contributed by atoms with van der Waals surface area (Å²) in [4.78, 5) is 11.3. The third-order valence-electron chi connectivity index (χ3n) is 2.68. The molecule has 0 bridgehead atoms. The van der Waals surface area contributed by atoms with Crippen LogP contribution >= 0.6 is 28.3 Å². The van der Waals surface area contributed by atoms with E-state index >= 15 is 0 Å². The summed E-state index contributed by atoms with van der Waals surface area (Å²) in [6.07, 6.45) is 0.646. The van der Waals surface area contributed by atoms with Crippen LogP contribution in [0.3, 0.4) is 0 Å². The molecule has 1 saturated heterocycles. The van der Waals surface area contributed by atoms with Crippen molar-refractivity contribution in [2.24, 2.45) is 0 Å². The lowest BCUT2D eigenvalue weighted by Gasteiger charge is -2.12. The Morgan fingerprint density at radius 3 is 2.94 bits per heavy atom. The van der Waals surface area contributed by atoms with Gasteiger partial charge in [-0.15, -0.1) is 12.4 Å². The summed E-state index contributed by atoms with van der Waals surface area (Å²) in [5.74, 6) is 0.571. The van der Waals surface area contributed by atoms with Gasteiger partial charge < -0.3 is 14.8 Å². The first-order chi connectivity index (χ1) is 8.19. The highest BCUT2D eigenvalue weighted by atomic mass is 79.9. The number of methoxy groups -OCH3 is 1. The van der Waals surface area contributed by atoms with Gasteiger partial charge >= 0.3 is 5.97 Å². The van der Waals surface area contributed by atoms with Crippen molar-refractivity contribution in [3.63, 3.8) is 0 Å². The summed E-state index contributed by atoms with van der Waals surface area (Å²) in [5, 5.41) is 3.08. The van der Waals surface area contributed by atoms with E-state index in [1.165, 1.54) is 7.11 Å². The number of benzene rings is 1. The summed E-state index contributed by atoms with van der Waals surface area (Å²) in [6, 6.07) is 7.41. The number of ether oxygens (including phenoxy) is 2. The maximum absolute atomic E-state index is 11.3. The van der Waals surface area contributed by atoms with Gasteiger partial charge in [0.15, 0.2) is 0 Å². The molecule has 2 atom stereocenters. The lowest BCUT2D eigenvalue weighted by atomic mass is 10.2. The van der Waals surface area contributed by atoms with E-state index in [0.29, 0.717) is 13.0 Å². The Hall–Kier alpha value is -0.780. The van der Waals surface area contributed by atoms with Crippen molar-refractivity contribution in [3.05, 3.63) is 28.7 Å². The van der Waals surface area contributed by atoms with E-state index in [9.17, 15) is 4.79 Å². The van der Waals surface area contributed by atoms with Gasteiger partial charge in [-0.2, -0.15) is 0 Å². The van der Waals surface area contributed by atoms with E-state index in [2.05, 4.69) is 26.0 Å². The van der Waals surface area contributed by atoms with E-state index in [4.69, 9.17) is 4.74 Å². The van der Waals surface area contributed by atoms with Gasteiger partial charge in [-0.25, -0.2) is 0 Å². The molecule has 1 heterocycles. The van der Waals surface area contributed by atoms with Gasteiger partial charge in [0.05, 0.1) is 7.11 Å². The van der Waals surface area contributed by atoms with Crippen LogP contribution < -0.4 is 10.1 Å². The summed E-state index contributed by atoms with van der Waals surface area (Å²) in [7, 11) is 1.40. The third-order valence-corrected chi connectivity index (χ3v) is 3.17. The smallest absolute Gasteiger partial charge is 0.323 e. The first-order valence-corrected chi connectivity index (χ1v) is 6.22. The summed E-state index contributed by atoms with van der Waals surface area (Å²) in [6.45, 7) is 0.659. The van der Waals surface area contributed by atoms with E-state index in [-0.39, 0.29) is 30.5 Å². The maximum Gasteiger partial charge on any atom is 0.323 e. The topological polar surface area (TPSA) is 47.6 Å². The zero-order valence-corrected chi connectivity index (χ0v) is 12.3. The van der Waals surface area contributed by atoms with Gasteiger partial charge in [0.1, 0.15) is 17.9 Å². The zero-order chi connectivity index (χ0) is 12.3. The summed E-state index contributed by atoms with van der Waals surface area (Å²) >= 11 is 3.39. The minimum Gasteiger partial charge on any atom is -0.489 e. The van der Waals surface area contributed by atoms with Crippen LogP contribution in [0, 0.1) is 0 Å². The number of carbonyl (C=O) groups is 1. The normalized spacial score (nSPS) is 22.1. The van der Waals surface area contributed by atoms with Crippen LogP contribution in [0.15, 0.2) is 28.7 Å². The molecule has 2 rings (SSSR count). The summed E-state index contributed by atoms with van der Waals surface area (Å²) < 4.78 is 11.4. The fourth-order valence-electron chi connectivity index (χ4n) is 1.85. The SMILES string of the molecule is COC(=O)[C@H]1C[C@@H](Oc2cccc(Br)c2)CN1.Cl. The average Bonchev–Trinajstić information content (AvgIpc) is 2.76. The molecular formula is C12H15BrClNO3. The minimum atomic E-state index is -0.253. The van der Waals surface area contributed by atoms with Crippen molar-refractivity contribution in [1.82, 2.24) is 5.32 Å². The minimum absolute atomic E-state index is 0. The molecule has 1 N–H and O–H groups in total. The lowest BCUT2D eigenvalue weighted by Crippen LogP contribution is -2.31. The van der Waals surface area contributed by atoms with Crippen LogP contribution in [0.2, 0.25) is 0 Å². The van der Waals surface area contributed by atoms with E-state index in [1.54, 1.807) is 0 Å². The standard InChI is InChI=1S/C12H14BrNO3.ClH/c1-16-12(15)11-6-10(7-14-11)17-9-4-2-3-8(13)5-9;/h2-5,10-11,14H,6-7H2,1H3;1H/t10-,11-;/m1./s1. The van der Waals surface area contributed by atoms with Crippen LogP contribution in [0.5, 0.6) is 5.75 Å². The first kappa shape index (κ1) is 15.3. The van der Waals surface area contributed by atoms with Gasteiger partial charge in [-0.3, -0.25) is 4.79 Å². The highest BCUT2D eigenvalue weighted by molar-refractivity contribution is 9.10. The molecule has 0 amide bonds. The van der Waals surface area contributed by atoms with Gasteiger partial charge in [0.25, 0.3) is 0 Å². The number of esters is 1. The number of hydrogen-bond donors (Lipinski definition) is 1. The van der Waals surface area contributed by atoms with E-state index < -0.39 is 0 Å². The monoisotopic (exact) mass is 335 g/mol. The second-order valence-electron chi connectivity index (χ2n) is 3.92. The molecule has 0 spiro atoms. The molecule has 0 aliphatic carbocycles. The third kappa shape index (κ3) is 3.86. The molecule has 0 radical (unpaired) electrons. The number of rotatable bonds is 3. The number of halogens is 2. The first-order valence-electron chi connectivity index (χ1n) is 5.42. The molecule has 0 saturated carbocycles. The fraction of sp³-hybridized carbons (Fsp3) is 0.417. The van der Waals surface area contributed by atoms with Gasteiger partial charge in [0.2, 0.25) is 0 Å². The van der Waals surface area contributed by atoms with Crippen molar-refractivity contribution < 1.29 is 14.3 Å². The molecule has 1 aliphatic heterocycles. The van der Waals surface area contributed by atoms with Crippen molar-refractivity contribution in [1.29, 1.82) is 0 Å². The van der Waals surface area contributed by atoms with Gasteiger partial charge in [-0.05, 0) is 18.2 Å². The molecule has 18 heavy (non-hydrogen) atoms. The molecule has 1 aliphatic rings.